The first-order chi connectivity index (χ1) is 15.9. The van der Waals surface area contributed by atoms with Gasteiger partial charge in [0.2, 0.25) is 5.91 Å². The minimum absolute atomic E-state index is 0.220. The molecule has 0 spiro atoms. The molecule has 33 heavy (non-hydrogen) atoms. The molecule has 1 N–H and O–H groups in total. The fourth-order valence-corrected chi connectivity index (χ4v) is 3.43. The number of hydrogen-bond acceptors (Lipinski definition) is 6. The Bertz CT molecular complexity index is 1420. The average molecular weight is 445 g/mol. The predicted octanol–water partition coefficient (Wildman–Crippen LogP) is 3.01. The highest BCUT2D eigenvalue weighted by Gasteiger charge is 2.16. The fourth-order valence-electron chi connectivity index (χ4n) is 3.43. The molecular weight excluding hydrogens is 422 g/mol. The van der Waals surface area contributed by atoms with E-state index in [4.69, 9.17) is 4.74 Å². The zero-order valence-corrected chi connectivity index (χ0v) is 18.5. The third kappa shape index (κ3) is 4.38. The molecule has 168 valence electrons. The molecule has 0 saturated heterocycles. The zero-order valence-electron chi connectivity index (χ0n) is 18.5. The number of amides is 1. The lowest BCUT2D eigenvalue weighted by Gasteiger charge is -2.11. The van der Waals surface area contributed by atoms with Crippen molar-refractivity contribution in [2.75, 3.05) is 11.9 Å². The van der Waals surface area contributed by atoms with Crippen molar-refractivity contribution >= 4 is 28.6 Å². The van der Waals surface area contributed by atoms with Gasteiger partial charge >= 0.3 is 5.97 Å². The van der Waals surface area contributed by atoms with Gasteiger partial charge in [0, 0.05) is 0 Å². The van der Waals surface area contributed by atoms with E-state index in [-0.39, 0.29) is 24.3 Å². The normalized spacial score (nSPS) is 10.9. The second kappa shape index (κ2) is 9.07. The van der Waals surface area contributed by atoms with E-state index in [0.29, 0.717) is 16.7 Å². The molecule has 0 aliphatic carbocycles. The topological polar surface area (TPSA) is 108 Å². The molecule has 0 unspecified atom stereocenters. The molecule has 2 heterocycles. The number of carbonyl (C=O) groups excluding carboxylic acids is 2. The molecule has 0 radical (unpaired) electrons. The Morgan fingerprint density at radius 1 is 1.09 bits per heavy atom. The summed E-state index contributed by atoms with van der Waals surface area (Å²) >= 11 is 0. The van der Waals surface area contributed by atoms with Crippen LogP contribution in [0.25, 0.3) is 16.7 Å². The van der Waals surface area contributed by atoms with E-state index >= 15 is 0 Å². The highest BCUT2D eigenvalue weighted by molar-refractivity contribution is 6.01. The first-order valence-corrected chi connectivity index (χ1v) is 10.5. The highest BCUT2D eigenvalue weighted by Crippen LogP contribution is 2.18. The van der Waals surface area contributed by atoms with Crippen molar-refractivity contribution in [3.05, 3.63) is 82.0 Å². The van der Waals surface area contributed by atoms with Crippen LogP contribution < -0.4 is 10.9 Å². The van der Waals surface area contributed by atoms with E-state index < -0.39 is 11.9 Å². The monoisotopic (exact) mass is 445 g/mol. The number of hydrogen-bond donors (Lipinski definition) is 1. The second-order valence-corrected chi connectivity index (χ2v) is 7.55. The van der Waals surface area contributed by atoms with Gasteiger partial charge in [-0.15, -0.1) is 0 Å². The van der Waals surface area contributed by atoms with E-state index in [0.717, 1.165) is 16.8 Å². The molecule has 0 bridgehead atoms. The van der Waals surface area contributed by atoms with Gasteiger partial charge < -0.3 is 10.1 Å². The van der Waals surface area contributed by atoms with Crippen molar-refractivity contribution in [2.45, 2.75) is 27.3 Å². The molecule has 9 nitrogen and oxygen atoms in total. The molecule has 4 rings (SSSR count). The van der Waals surface area contributed by atoms with Crippen LogP contribution in [0.4, 0.5) is 5.69 Å². The summed E-state index contributed by atoms with van der Waals surface area (Å²) in [6, 6.07) is 12.4. The third-order valence-corrected chi connectivity index (χ3v) is 5.30. The molecular formula is C24H23N5O4. The maximum absolute atomic E-state index is 13.0. The van der Waals surface area contributed by atoms with Gasteiger partial charge in [0.25, 0.3) is 5.56 Å². The van der Waals surface area contributed by atoms with E-state index in [9.17, 15) is 14.4 Å². The Hall–Kier alpha value is -4.27. The minimum Gasteiger partial charge on any atom is -0.462 e. The van der Waals surface area contributed by atoms with Crippen molar-refractivity contribution in [1.82, 2.24) is 19.3 Å². The lowest BCUT2D eigenvalue weighted by molar-refractivity contribution is -0.116. The smallest absolute Gasteiger partial charge is 0.340 e. The lowest BCUT2D eigenvalue weighted by atomic mass is 10.1. The number of aryl methyl sites for hydroxylation is 2. The maximum atomic E-state index is 13.0. The van der Waals surface area contributed by atoms with Gasteiger partial charge in [-0.05, 0) is 56.2 Å². The van der Waals surface area contributed by atoms with Gasteiger partial charge in [-0.25, -0.2) is 14.5 Å². The van der Waals surface area contributed by atoms with E-state index in [1.165, 1.54) is 17.1 Å². The number of ether oxygens (including phenoxy) is 1. The summed E-state index contributed by atoms with van der Waals surface area (Å²) in [4.78, 5) is 42.1. The second-order valence-electron chi connectivity index (χ2n) is 7.55. The molecule has 4 aromatic rings. The summed E-state index contributed by atoms with van der Waals surface area (Å²) in [6.07, 6.45) is 2.77. The average Bonchev–Trinajstić information content (AvgIpc) is 3.23. The Morgan fingerprint density at radius 2 is 1.88 bits per heavy atom. The summed E-state index contributed by atoms with van der Waals surface area (Å²) in [6.45, 7) is 5.68. The number of nitrogens with zero attached hydrogens (tertiary/aromatic N) is 4. The summed E-state index contributed by atoms with van der Waals surface area (Å²) in [7, 11) is 0. The van der Waals surface area contributed by atoms with Gasteiger partial charge in [0.15, 0.2) is 5.65 Å². The number of carbonyl (C=O) groups is 2. The Morgan fingerprint density at radius 3 is 2.64 bits per heavy atom. The summed E-state index contributed by atoms with van der Waals surface area (Å²) < 4.78 is 7.83. The molecule has 1 amide bonds. The van der Waals surface area contributed by atoms with Gasteiger partial charge in [-0.2, -0.15) is 5.10 Å². The number of rotatable bonds is 6. The Balaban J connectivity index is 1.59. The standard InChI is InChI=1S/C24H23N5O4/c1-4-33-24(32)18-7-5-6-8-20(18)27-21(30)13-28-14-25-22-19(23(28)31)12-26-29(22)17-10-9-15(2)16(3)11-17/h5-12,14H,4,13H2,1-3H3,(H,27,30). The van der Waals surface area contributed by atoms with Crippen LogP contribution in [0.2, 0.25) is 0 Å². The van der Waals surface area contributed by atoms with Crippen LogP contribution in [0, 0.1) is 13.8 Å². The fraction of sp³-hybridized carbons (Fsp3) is 0.208. The molecule has 0 saturated carbocycles. The number of aromatic nitrogens is 4. The van der Waals surface area contributed by atoms with E-state index in [2.05, 4.69) is 15.4 Å². The van der Waals surface area contributed by atoms with Crippen LogP contribution in [0.5, 0.6) is 0 Å². The molecule has 2 aromatic carbocycles. The minimum atomic E-state index is -0.535. The van der Waals surface area contributed by atoms with Crippen LogP contribution >= 0.6 is 0 Å². The summed E-state index contributed by atoms with van der Waals surface area (Å²) in [5.41, 5.74) is 3.63. The number of anilines is 1. The number of esters is 1. The SMILES string of the molecule is CCOC(=O)c1ccccc1NC(=O)Cn1cnc2c(cnn2-c2ccc(C)c(C)c2)c1=O. The quantitative estimate of drug-likeness (QED) is 0.457. The Kier molecular flexibility index (Phi) is 6.03. The van der Waals surface area contributed by atoms with Crippen LogP contribution in [-0.4, -0.2) is 37.8 Å². The molecule has 2 aromatic heterocycles. The van der Waals surface area contributed by atoms with Crippen molar-refractivity contribution < 1.29 is 14.3 Å². The van der Waals surface area contributed by atoms with E-state index in [1.54, 1.807) is 35.9 Å². The molecule has 0 aliphatic heterocycles. The van der Waals surface area contributed by atoms with Gasteiger partial charge in [-0.1, -0.05) is 18.2 Å². The van der Waals surface area contributed by atoms with Gasteiger partial charge in [0.1, 0.15) is 18.3 Å². The number of fused-ring (bicyclic) bond motifs is 1. The largest absolute Gasteiger partial charge is 0.462 e. The summed E-state index contributed by atoms with van der Waals surface area (Å²) in [5.74, 6) is -1.01. The van der Waals surface area contributed by atoms with Crippen LogP contribution in [0.3, 0.4) is 0 Å². The van der Waals surface area contributed by atoms with Crippen molar-refractivity contribution in [2.24, 2.45) is 0 Å². The maximum Gasteiger partial charge on any atom is 0.340 e. The van der Waals surface area contributed by atoms with Crippen LogP contribution in [-0.2, 0) is 16.1 Å². The van der Waals surface area contributed by atoms with E-state index in [1.807, 2.05) is 32.0 Å². The predicted molar refractivity (Wildman–Crippen MR) is 124 cm³/mol. The van der Waals surface area contributed by atoms with Crippen LogP contribution in [0.1, 0.15) is 28.4 Å². The zero-order chi connectivity index (χ0) is 23.5. The lowest BCUT2D eigenvalue weighted by Crippen LogP contribution is -2.28. The highest BCUT2D eigenvalue weighted by atomic mass is 16.5. The van der Waals surface area contributed by atoms with Gasteiger partial charge in [0.05, 0.1) is 29.7 Å². The number of benzene rings is 2. The summed E-state index contributed by atoms with van der Waals surface area (Å²) in [5, 5.41) is 7.29. The molecule has 0 fully saturated rings. The molecule has 0 atom stereocenters. The first kappa shape index (κ1) is 21.9. The van der Waals surface area contributed by atoms with Crippen molar-refractivity contribution in [1.29, 1.82) is 0 Å². The van der Waals surface area contributed by atoms with Gasteiger partial charge in [-0.3, -0.25) is 14.2 Å². The van der Waals surface area contributed by atoms with Crippen molar-refractivity contribution in [3.8, 4) is 5.69 Å². The molecule has 9 heteroatoms. The first-order valence-electron chi connectivity index (χ1n) is 10.5. The number of nitrogens with one attached hydrogen (secondary N) is 1. The van der Waals surface area contributed by atoms with Crippen LogP contribution in [0.15, 0.2) is 59.8 Å². The molecule has 0 aliphatic rings. The van der Waals surface area contributed by atoms with Crippen molar-refractivity contribution in [3.63, 3.8) is 0 Å². The third-order valence-electron chi connectivity index (χ3n) is 5.30. The Labute approximate surface area is 189 Å². The number of para-hydroxylation sites is 1.